The van der Waals surface area contributed by atoms with Crippen molar-refractivity contribution in [1.82, 2.24) is 0 Å². The molecule has 1 rings (SSSR count). The van der Waals surface area contributed by atoms with Gasteiger partial charge < -0.3 is 4.74 Å². The smallest absolute Gasteiger partial charge is 0.152 e. The van der Waals surface area contributed by atoms with Crippen molar-refractivity contribution in [3.63, 3.8) is 0 Å². The van der Waals surface area contributed by atoms with E-state index >= 15 is 0 Å². The van der Waals surface area contributed by atoms with E-state index in [0.717, 1.165) is 5.75 Å². The topological polar surface area (TPSA) is 26.3 Å². The Morgan fingerprint density at radius 2 is 1.75 bits per heavy atom. The van der Waals surface area contributed by atoms with Crippen LogP contribution in [0.25, 0.3) is 0 Å². The average Bonchev–Trinajstić information content (AvgIpc) is 2.29. The van der Waals surface area contributed by atoms with Gasteiger partial charge in [0.1, 0.15) is 5.75 Å². The lowest BCUT2D eigenvalue weighted by Gasteiger charge is -1.96. The monoisotopic (exact) mass is 214 g/mol. The Bertz CT molecular complexity index is 400. The second-order valence-electron chi connectivity index (χ2n) is 3.11. The Hall–Kier alpha value is -2.09. The number of hydrogen-bond donors (Lipinski definition) is 0. The molecule has 0 aliphatic carbocycles. The van der Waals surface area contributed by atoms with Crippen LogP contribution in [0.2, 0.25) is 0 Å². The van der Waals surface area contributed by atoms with Gasteiger partial charge in [0.2, 0.25) is 0 Å². The first-order valence-corrected chi connectivity index (χ1v) is 5.01. The number of benzene rings is 1. The predicted octanol–water partition coefficient (Wildman–Crippen LogP) is 3.28. The number of ether oxygens (including phenoxy) is 1. The van der Waals surface area contributed by atoms with Crippen LogP contribution in [-0.2, 0) is 4.79 Å². The number of carbonyl (C=O) groups excluding carboxylic acids is 1. The molecular formula is C14H14O2. The van der Waals surface area contributed by atoms with Crippen molar-refractivity contribution in [2.24, 2.45) is 0 Å². The average molecular weight is 214 g/mol. The van der Waals surface area contributed by atoms with Crippen molar-refractivity contribution >= 4 is 5.78 Å². The maximum absolute atomic E-state index is 10.6. The molecule has 0 atom stereocenters. The van der Waals surface area contributed by atoms with Crippen LogP contribution in [0.3, 0.4) is 0 Å². The van der Waals surface area contributed by atoms with E-state index in [0.29, 0.717) is 0 Å². The molecule has 0 N–H and O–H groups in total. The molecule has 82 valence electrons. The van der Waals surface area contributed by atoms with Crippen molar-refractivity contribution < 1.29 is 9.53 Å². The number of ketones is 1. The van der Waals surface area contributed by atoms with Crippen LogP contribution in [0.5, 0.6) is 5.75 Å². The van der Waals surface area contributed by atoms with Crippen molar-refractivity contribution in [2.75, 3.05) is 0 Å². The van der Waals surface area contributed by atoms with Crippen molar-refractivity contribution in [3.05, 3.63) is 67.0 Å². The van der Waals surface area contributed by atoms with E-state index in [4.69, 9.17) is 4.74 Å². The van der Waals surface area contributed by atoms with Crippen LogP contribution >= 0.6 is 0 Å². The van der Waals surface area contributed by atoms with E-state index in [9.17, 15) is 4.79 Å². The fourth-order valence-electron chi connectivity index (χ4n) is 0.982. The van der Waals surface area contributed by atoms with E-state index in [1.54, 1.807) is 30.6 Å². The molecule has 0 fully saturated rings. The molecule has 0 aliphatic heterocycles. The molecule has 0 aromatic heterocycles. The lowest BCUT2D eigenvalue weighted by atomic mass is 10.3. The molecule has 0 radical (unpaired) electrons. The summed E-state index contributed by atoms with van der Waals surface area (Å²) < 4.78 is 5.31. The van der Waals surface area contributed by atoms with Gasteiger partial charge >= 0.3 is 0 Å². The standard InChI is InChI=1S/C14H14O2/c1-13(15)9-5-2-3-8-12-16-14-10-6-4-7-11-14/h2-12H,1H3. The molecule has 0 amide bonds. The SMILES string of the molecule is CC(=O)C=CC=CC=COc1ccccc1. The summed E-state index contributed by atoms with van der Waals surface area (Å²) in [7, 11) is 0. The van der Waals surface area contributed by atoms with Gasteiger partial charge in [0, 0.05) is 0 Å². The lowest BCUT2D eigenvalue weighted by molar-refractivity contribution is -0.112. The van der Waals surface area contributed by atoms with Crippen LogP contribution in [0, 0.1) is 0 Å². The molecule has 2 nitrogen and oxygen atoms in total. The van der Waals surface area contributed by atoms with Gasteiger partial charge in [-0.05, 0) is 31.2 Å². The number of para-hydroxylation sites is 1. The normalized spacial score (nSPS) is 11.6. The van der Waals surface area contributed by atoms with E-state index in [-0.39, 0.29) is 5.78 Å². The third kappa shape index (κ3) is 5.60. The van der Waals surface area contributed by atoms with Gasteiger partial charge in [-0.2, -0.15) is 0 Å². The Morgan fingerprint density at radius 3 is 2.44 bits per heavy atom. The van der Waals surface area contributed by atoms with Gasteiger partial charge in [-0.3, -0.25) is 4.79 Å². The minimum absolute atomic E-state index is 0.0363. The van der Waals surface area contributed by atoms with E-state index in [2.05, 4.69) is 0 Å². The summed E-state index contributed by atoms with van der Waals surface area (Å²) in [5, 5.41) is 0. The zero-order valence-corrected chi connectivity index (χ0v) is 9.17. The Labute approximate surface area is 95.6 Å². The summed E-state index contributed by atoms with van der Waals surface area (Å²) >= 11 is 0. The molecule has 0 heterocycles. The maximum Gasteiger partial charge on any atom is 0.152 e. The third-order valence-electron chi connectivity index (χ3n) is 1.69. The van der Waals surface area contributed by atoms with Crippen LogP contribution in [-0.4, -0.2) is 5.78 Å². The molecule has 0 unspecified atom stereocenters. The number of rotatable bonds is 5. The Morgan fingerprint density at radius 1 is 1.06 bits per heavy atom. The number of allylic oxidation sites excluding steroid dienone is 5. The molecule has 2 heteroatoms. The lowest BCUT2D eigenvalue weighted by Crippen LogP contribution is -1.79. The Kier molecular flexibility index (Phi) is 5.42. The third-order valence-corrected chi connectivity index (χ3v) is 1.69. The molecule has 16 heavy (non-hydrogen) atoms. The minimum Gasteiger partial charge on any atom is -0.465 e. The largest absolute Gasteiger partial charge is 0.465 e. The highest BCUT2D eigenvalue weighted by Gasteiger charge is 1.83. The first kappa shape index (κ1) is 12.0. The van der Waals surface area contributed by atoms with Gasteiger partial charge in [-0.1, -0.05) is 36.4 Å². The quantitative estimate of drug-likeness (QED) is 0.427. The molecule has 0 spiro atoms. The highest BCUT2D eigenvalue weighted by Crippen LogP contribution is 2.08. The second-order valence-corrected chi connectivity index (χ2v) is 3.11. The molecule has 0 bridgehead atoms. The number of carbonyl (C=O) groups is 1. The first-order chi connectivity index (χ1) is 7.79. The molecular weight excluding hydrogens is 200 g/mol. The zero-order valence-electron chi connectivity index (χ0n) is 9.17. The van der Waals surface area contributed by atoms with Crippen LogP contribution in [0.15, 0.2) is 67.0 Å². The van der Waals surface area contributed by atoms with Crippen molar-refractivity contribution in [3.8, 4) is 5.75 Å². The molecule has 0 saturated heterocycles. The molecule has 0 aliphatic rings. The summed E-state index contributed by atoms with van der Waals surface area (Å²) in [6.45, 7) is 1.51. The predicted molar refractivity (Wildman–Crippen MR) is 65.2 cm³/mol. The fraction of sp³-hybridized carbons (Fsp3) is 0.0714. The van der Waals surface area contributed by atoms with Gasteiger partial charge in [0.15, 0.2) is 5.78 Å². The molecule has 0 saturated carbocycles. The van der Waals surface area contributed by atoms with E-state index in [1.165, 1.54) is 13.0 Å². The number of hydrogen-bond acceptors (Lipinski definition) is 2. The zero-order chi connectivity index (χ0) is 11.6. The maximum atomic E-state index is 10.6. The van der Waals surface area contributed by atoms with Crippen molar-refractivity contribution in [2.45, 2.75) is 6.92 Å². The highest BCUT2D eigenvalue weighted by molar-refractivity contribution is 5.87. The van der Waals surface area contributed by atoms with Gasteiger partial charge in [-0.15, -0.1) is 0 Å². The van der Waals surface area contributed by atoms with Gasteiger partial charge in [-0.25, -0.2) is 0 Å². The van der Waals surface area contributed by atoms with Crippen molar-refractivity contribution in [1.29, 1.82) is 0 Å². The summed E-state index contributed by atoms with van der Waals surface area (Å²) in [6, 6.07) is 9.51. The van der Waals surface area contributed by atoms with E-state index < -0.39 is 0 Å². The highest BCUT2D eigenvalue weighted by atomic mass is 16.5. The van der Waals surface area contributed by atoms with Crippen LogP contribution in [0.4, 0.5) is 0 Å². The second kappa shape index (κ2) is 7.23. The summed E-state index contributed by atoms with van der Waals surface area (Å²) in [6.07, 6.45) is 10.1. The fourth-order valence-corrected chi connectivity index (χ4v) is 0.982. The minimum atomic E-state index is 0.0363. The summed E-state index contributed by atoms with van der Waals surface area (Å²) in [5.41, 5.74) is 0. The summed E-state index contributed by atoms with van der Waals surface area (Å²) in [5.74, 6) is 0.834. The van der Waals surface area contributed by atoms with Gasteiger partial charge in [0.05, 0.1) is 6.26 Å². The van der Waals surface area contributed by atoms with Gasteiger partial charge in [0.25, 0.3) is 0 Å². The molecule has 1 aromatic rings. The van der Waals surface area contributed by atoms with Crippen LogP contribution < -0.4 is 4.74 Å². The first-order valence-electron chi connectivity index (χ1n) is 5.01. The van der Waals surface area contributed by atoms with Crippen LogP contribution in [0.1, 0.15) is 6.92 Å². The summed E-state index contributed by atoms with van der Waals surface area (Å²) in [4.78, 5) is 10.6. The molecule has 1 aromatic carbocycles. The van der Waals surface area contributed by atoms with E-state index in [1.807, 2.05) is 30.3 Å². The Balaban J connectivity index is 2.31.